The molecule has 6 nitrogen and oxygen atoms in total. The zero-order chi connectivity index (χ0) is 14.8. The van der Waals surface area contributed by atoms with E-state index in [0.717, 1.165) is 25.6 Å². The third-order valence-electron chi connectivity index (χ3n) is 3.95. The summed E-state index contributed by atoms with van der Waals surface area (Å²) in [6, 6.07) is 0.810. The normalized spacial score (nSPS) is 22.2. The number of likely N-dealkylation sites (tertiary alicyclic amines) is 1. The first kappa shape index (κ1) is 14.5. The molecule has 0 radical (unpaired) electrons. The lowest BCUT2D eigenvalue weighted by molar-refractivity contribution is -0.114. The Hall–Kier alpha value is -1.47. The van der Waals surface area contributed by atoms with Crippen molar-refractivity contribution in [1.82, 2.24) is 15.2 Å². The topological polar surface area (TPSA) is 74.3 Å². The largest absolute Gasteiger partial charge is 0.350 e. The molecule has 2 amide bonds. The second-order valence-electron chi connectivity index (χ2n) is 5.81. The highest BCUT2D eigenvalue weighted by Crippen LogP contribution is 2.31. The molecule has 0 unspecified atom stereocenters. The van der Waals surface area contributed by atoms with Crippen molar-refractivity contribution >= 4 is 28.3 Å². The van der Waals surface area contributed by atoms with Crippen molar-refractivity contribution < 1.29 is 9.59 Å². The lowest BCUT2D eigenvalue weighted by Crippen LogP contribution is -2.31. The van der Waals surface area contributed by atoms with Crippen LogP contribution in [0.5, 0.6) is 0 Å². The minimum absolute atomic E-state index is 0.160. The quantitative estimate of drug-likeness (QED) is 0.860. The number of rotatable bonds is 5. The third-order valence-corrected chi connectivity index (χ3v) is 4.71. The fraction of sp³-hybridized carbons (Fsp3) is 0.643. The van der Waals surface area contributed by atoms with Gasteiger partial charge in [-0.2, -0.15) is 0 Å². The van der Waals surface area contributed by atoms with Crippen LogP contribution in [-0.2, 0) is 4.79 Å². The maximum Gasteiger partial charge on any atom is 0.270 e. The summed E-state index contributed by atoms with van der Waals surface area (Å²) >= 11 is 1.26. The molecule has 1 atom stereocenters. The second-order valence-corrected chi connectivity index (χ2v) is 6.67. The summed E-state index contributed by atoms with van der Waals surface area (Å²) in [7, 11) is 0. The van der Waals surface area contributed by atoms with E-state index < -0.39 is 0 Å². The Morgan fingerprint density at radius 3 is 2.95 bits per heavy atom. The first-order valence-corrected chi connectivity index (χ1v) is 8.25. The molecule has 1 aliphatic heterocycles. The van der Waals surface area contributed by atoms with Crippen molar-refractivity contribution in [2.75, 3.05) is 25.0 Å². The lowest BCUT2D eigenvalue weighted by atomic mass is 10.1. The first-order chi connectivity index (χ1) is 10.1. The van der Waals surface area contributed by atoms with Gasteiger partial charge in [-0.25, -0.2) is 4.98 Å². The van der Waals surface area contributed by atoms with Crippen molar-refractivity contribution in [1.29, 1.82) is 0 Å². The van der Waals surface area contributed by atoms with Gasteiger partial charge in [0, 0.05) is 31.4 Å². The van der Waals surface area contributed by atoms with E-state index >= 15 is 0 Å². The number of hydrogen-bond donors (Lipinski definition) is 2. The van der Waals surface area contributed by atoms with Crippen LogP contribution in [0.1, 0.15) is 36.7 Å². The van der Waals surface area contributed by atoms with Gasteiger partial charge in [-0.15, -0.1) is 11.3 Å². The molecule has 0 aromatic carbocycles. The molecule has 3 rings (SSSR count). The van der Waals surface area contributed by atoms with E-state index in [-0.39, 0.29) is 11.8 Å². The number of aromatic nitrogens is 1. The van der Waals surface area contributed by atoms with Gasteiger partial charge in [0.1, 0.15) is 5.69 Å². The number of nitrogens with one attached hydrogen (secondary N) is 2. The van der Waals surface area contributed by atoms with Gasteiger partial charge in [-0.3, -0.25) is 9.59 Å². The van der Waals surface area contributed by atoms with Gasteiger partial charge in [0.25, 0.3) is 5.91 Å². The molecule has 2 fully saturated rings. The average molecular weight is 308 g/mol. The highest BCUT2D eigenvalue weighted by molar-refractivity contribution is 7.14. The molecule has 1 aromatic heterocycles. The molecule has 0 spiro atoms. The first-order valence-electron chi connectivity index (χ1n) is 7.37. The number of thiazole rings is 1. The van der Waals surface area contributed by atoms with E-state index in [9.17, 15) is 9.59 Å². The molecule has 7 heteroatoms. The molecule has 2 N–H and O–H groups in total. The minimum atomic E-state index is -0.178. The van der Waals surface area contributed by atoms with Crippen molar-refractivity contribution in [3.8, 4) is 0 Å². The standard InChI is InChI=1S/C14H20N4O2S/c1-9(19)16-14-17-12(8-21-14)13(20)15-6-10-4-5-18(7-10)11-2-3-11/h8,10-11H,2-7H2,1H3,(H,15,20)(H,16,17,19)/t10-/m1/s1. The third kappa shape index (κ3) is 3.79. The summed E-state index contributed by atoms with van der Waals surface area (Å²) in [4.78, 5) is 29.6. The lowest BCUT2D eigenvalue weighted by Gasteiger charge is -2.14. The zero-order valence-corrected chi connectivity index (χ0v) is 12.9. The van der Waals surface area contributed by atoms with Gasteiger partial charge in [0.05, 0.1) is 0 Å². The van der Waals surface area contributed by atoms with Crippen LogP contribution in [0.15, 0.2) is 5.38 Å². The Bertz CT molecular complexity index is 541. The van der Waals surface area contributed by atoms with Crippen LogP contribution in [-0.4, -0.2) is 47.4 Å². The van der Waals surface area contributed by atoms with E-state index in [4.69, 9.17) is 0 Å². The summed E-state index contributed by atoms with van der Waals surface area (Å²) in [6.45, 7) is 4.38. The van der Waals surface area contributed by atoms with Gasteiger partial charge in [0.15, 0.2) is 5.13 Å². The summed E-state index contributed by atoms with van der Waals surface area (Å²) < 4.78 is 0. The molecule has 21 heavy (non-hydrogen) atoms. The Balaban J connectivity index is 1.45. The van der Waals surface area contributed by atoms with Crippen LogP contribution >= 0.6 is 11.3 Å². The average Bonchev–Trinajstić information content (AvgIpc) is 3.00. The smallest absolute Gasteiger partial charge is 0.270 e. The maximum absolute atomic E-state index is 12.0. The highest BCUT2D eigenvalue weighted by atomic mass is 32.1. The predicted molar refractivity (Wildman–Crippen MR) is 81.5 cm³/mol. The number of nitrogens with zero attached hydrogens (tertiary/aromatic N) is 2. The zero-order valence-electron chi connectivity index (χ0n) is 12.1. The molecule has 1 saturated carbocycles. The number of carbonyl (C=O) groups is 2. The van der Waals surface area contributed by atoms with Crippen LogP contribution in [0.4, 0.5) is 5.13 Å². The van der Waals surface area contributed by atoms with Crippen LogP contribution in [0.3, 0.4) is 0 Å². The summed E-state index contributed by atoms with van der Waals surface area (Å²) in [5.74, 6) is 0.207. The molecule has 1 aliphatic carbocycles. The number of anilines is 1. The highest BCUT2D eigenvalue weighted by Gasteiger charge is 2.34. The number of carbonyl (C=O) groups excluding carboxylic acids is 2. The Kier molecular flexibility index (Phi) is 4.21. The molecule has 2 heterocycles. The van der Waals surface area contributed by atoms with Crippen LogP contribution in [0.25, 0.3) is 0 Å². The summed E-state index contributed by atoms with van der Waals surface area (Å²) in [6.07, 6.45) is 3.83. The Morgan fingerprint density at radius 2 is 2.24 bits per heavy atom. The summed E-state index contributed by atoms with van der Waals surface area (Å²) in [5.41, 5.74) is 0.376. The van der Waals surface area contributed by atoms with Gasteiger partial charge >= 0.3 is 0 Å². The number of hydrogen-bond acceptors (Lipinski definition) is 5. The van der Waals surface area contributed by atoms with Crippen molar-refractivity contribution in [2.24, 2.45) is 5.92 Å². The van der Waals surface area contributed by atoms with Gasteiger partial charge in [0.2, 0.25) is 5.91 Å². The monoisotopic (exact) mass is 308 g/mol. The molecule has 114 valence electrons. The fourth-order valence-electron chi connectivity index (χ4n) is 2.71. The fourth-order valence-corrected chi connectivity index (χ4v) is 3.45. The van der Waals surface area contributed by atoms with Crippen LogP contribution in [0, 0.1) is 5.92 Å². The maximum atomic E-state index is 12.0. The van der Waals surface area contributed by atoms with Gasteiger partial charge in [-0.1, -0.05) is 0 Å². The Morgan fingerprint density at radius 1 is 1.43 bits per heavy atom. The number of amides is 2. The molecule has 1 aromatic rings. The molecule has 1 saturated heterocycles. The van der Waals surface area contributed by atoms with Gasteiger partial charge in [-0.05, 0) is 31.7 Å². The predicted octanol–water partition coefficient (Wildman–Crippen LogP) is 1.32. The van der Waals surface area contributed by atoms with E-state index in [0.29, 0.717) is 23.3 Å². The van der Waals surface area contributed by atoms with Gasteiger partial charge < -0.3 is 15.5 Å². The SMILES string of the molecule is CC(=O)Nc1nc(C(=O)NC[C@H]2CCN(C3CC3)C2)cs1. The van der Waals surface area contributed by atoms with Crippen LogP contribution < -0.4 is 10.6 Å². The molecular formula is C14H20N4O2S. The molecular weight excluding hydrogens is 288 g/mol. The van der Waals surface area contributed by atoms with E-state index in [1.807, 2.05) is 0 Å². The molecule has 2 aliphatic rings. The Labute approximate surface area is 127 Å². The van der Waals surface area contributed by atoms with E-state index in [2.05, 4.69) is 20.5 Å². The molecule has 0 bridgehead atoms. The van der Waals surface area contributed by atoms with Crippen molar-refractivity contribution in [2.45, 2.75) is 32.2 Å². The summed E-state index contributed by atoms with van der Waals surface area (Å²) in [5, 5.41) is 7.68. The van der Waals surface area contributed by atoms with E-state index in [1.165, 1.54) is 31.1 Å². The second kappa shape index (κ2) is 6.11. The van der Waals surface area contributed by atoms with Crippen molar-refractivity contribution in [3.63, 3.8) is 0 Å². The van der Waals surface area contributed by atoms with E-state index in [1.54, 1.807) is 5.38 Å². The van der Waals surface area contributed by atoms with Crippen molar-refractivity contribution in [3.05, 3.63) is 11.1 Å². The van der Waals surface area contributed by atoms with Crippen LogP contribution in [0.2, 0.25) is 0 Å². The minimum Gasteiger partial charge on any atom is -0.350 e.